The maximum absolute atomic E-state index is 13.5. The fourth-order valence-corrected chi connectivity index (χ4v) is 4.51. The predicted molar refractivity (Wildman–Crippen MR) is 117 cm³/mol. The Kier molecular flexibility index (Phi) is 4.28. The molecule has 0 aliphatic carbocycles. The van der Waals surface area contributed by atoms with Gasteiger partial charge in [-0.1, -0.05) is 25.5 Å². The standard InChI is InChI=1S/C24H21N3O4/c1-12(2)20-21(16-10-31-19-7-4-13(3)8-15(19)22(16)28)27(24(30)23(20)29)14-5-6-17-18(9-14)26-11-25-17/h4-12,20-21H,1-3H3,(H,25,26). The minimum Gasteiger partial charge on any atom is -0.464 e. The van der Waals surface area contributed by atoms with Crippen LogP contribution >= 0.6 is 0 Å². The Bertz CT molecular complexity index is 1420. The average molecular weight is 415 g/mol. The molecular formula is C24H21N3O4. The fraction of sp³-hybridized carbons (Fsp3) is 0.250. The van der Waals surface area contributed by atoms with E-state index in [4.69, 9.17) is 4.42 Å². The number of aryl methyl sites for hydroxylation is 1. The first-order valence-corrected chi connectivity index (χ1v) is 10.2. The van der Waals surface area contributed by atoms with E-state index in [-0.39, 0.29) is 11.3 Å². The highest BCUT2D eigenvalue weighted by molar-refractivity contribution is 6.45. The van der Waals surface area contributed by atoms with Crippen molar-refractivity contribution in [3.8, 4) is 0 Å². The summed E-state index contributed by atoms with van der Waals surface area (Å²) in [5.74, 6) is -1.91. The molecule has 1 saturated heterocycles. The van der Waals surface area contributed by atoms with Crippen molar-refractivity contribution in [2.24, 2.45) is 11.8 Å². The largest absolute Gasteiger partial charge is 0.464 e. The van der Waals surface area contributed by atoms with Crippen LogP contribution in [-0.4, -0.2) is 21.7 Å². The Balaban J connectivity index is 1.75. The summed E-state index contributed by atoms with van der Waals surface area (Å²) in [7, 11) is 0. The van der Waals surface area contributed by atoms with Gasteiger partial charge in [-0.05, 0) is 43.2 Å². The van der Waals surface area contributed by atoms with Gasteiger partial charge in [0, 0.05) is 5.69 Å². The number of aromatic nitrogens is 2. The van der Waals surface area contributed by atoms with Gasteiger partial charge >= 0.3 is 0 Å². The number of nitrogens with one attached hydrogen (secondary N) is 1. The van der Waals surface area contributed by atoms with Crippen LogP contribution in [0.4, 0.5) is 5.69 Å². The van der Waals surface area contributed by atoms with Crippen LogP contribution in [0.25, 0.3) is 22.0 Å². The Morgan fingerprint density at radius 3 is 2.68 bits per heavy atom. The zero-order valence-electron chi connectivity index (χ0n) is 17.4. The van der Waals surface area contributed by atoms with Crippen LogP contribution in [0.1, 0.15) is 31.0 Å². The molecule has 3 heterocycles. The zero-order chi connectivity index (χ0) is 21.9. The minimum absolute atomic E-state index is 0.144. The van der Waals surface area contributed by atoms with Crippen molar-refractivity contribution in [1.82, 2.24) is 9.97 Å². The van der Waals surface area contributed by atoms with E-state index in [9.17, 15) is 14.4 Å². The quantitative estimate of drug-likeness (QED) is 0.512. The van der Waals surface area contributed by atoms with Gasteiger partial charge in [0.05, 0.1) is 40.3 Å². The molecule has 0 bridgehead atoms. The monoisotopic (exact) mass is 415 g/mol. The van der Waals surface area contributed by atoms with Gasteiger partial charge in [0.1, 0.15) is 11.8 Å². The third kappa shape index (κ3) is 2.88. The van der Waals surface area contributed by atoms with Gasteiger partial charge in [0.15, 0.2) is 5.43 Å². The van der Waals surface area contributed by atoms with E-state index >= 15 is 0 Å². The first kappa shape index (κ1) is 19.2. The lowest BCUT2D eigenvalue weighted by atomic mass is 9.84. The highest BCUT2D eigenvalue weighted by atomic mass is 16.3. The number of benzene rings is 2. The molecule has 4 aromatic rings. The number of aromatic amines is 1. The fourth-order valence-electron chi connectivity index (χ4n) is 4.51. The van der Waals surface area contributed by atoms with Gasteiger partial charge in [0.25, 0.3) is 5.91 Å². The summed E-state index contributed by atoms with van der Waals surface area (Å²) in [5, 5.41) is 0.441. The molecule has 2 aromatic heterocycles. The van der Waals surface area contributed by atoms with Crippen molar-refractivity contribution >= 4 is 39.4 Å². The van der Waals surface area contributed by atoms with Gasteiger partial charge in [-0.25, -0.2) is 4.98 Å². The number of ketones is 1. The summed E-state index contributed by atoms with van der Waals surface area (Å²) in [6.07, 6.45) is 2.97. The van der Waals surface area contributed by atoms with Crippen molar-refractivity contribution in [2.45, 2.75) is 26.8 Å². The van der Waals surface area contributed by atoms with Crippen molar-refractivity contribution in [3.63, 3.8) is 0 Å². The molecule has 0 spiro atoms. The Labute approximate surface area is 177 Å². The van der Waals surface area contributed by atoms with E-state index < -0.39 is 23.7 Å². The van der Waals surface area contributed by atoms with Crippen molar-refractivity contribution in [3.05, 3.63) is 70.3 Å². The predicted octanol–water partition coefficient (Wildman–Crippen LogP) is 3.91. The second-order valence-corrected chi connectivity index (χ2v) is 8.38. The number of nitrogens with zero attached hydrogens (tertiary/aromatic N) is 2. The first-order valence-electron chi connectivity index (χ1n) is 10.2. The molecule has 1 fully saturated rings. The molecule has 5 rings (SSSR count). The number of H-pyrrole nitrogens is 1. The number of Topliss-reactive ketones (excluding diaryl/α,β-unsaturated/α-hetero) is 1. The molecule has 0 saturated carbocycles. The molecule has 31 heavy (non-hydrogen) atoms. The van der Waals surface area contributed by atoms with Crippen molar-refractivity contribution in [1.29, 1.82) is 0 Å². The third-order valence-corrected chi connectivity index (χ3v) is 6.02. The van der Waals surface area contributed by atoms with Gasteiger partial charge < -0.3 is 9.40 Å². The molecule has 7 heteroatoms. The number of amides is 1. The lowest BCUT2D eigenvalue weighted by Crippen LogP contribution is -2.33. The average Bonchev–Trinajstić information content (AvgIpc) is 3.31. The second kappa shape index (κ2) is 6.91. The molecule has 1 amide bonds. The van der Waals surface area contributed by atoms with Crippen LogP contribution in [0.5, 0.6) is 0 Å². The van der Waals surface area contributed by atoms with E-state index in [0.29, 0.717) is 22.2 Å². The number of fused-ring (bicyclic) bond motifs is 2. The van der Waals surface area contributed by atoms with E-state index in [1.54, 1.807) is 36.7 Å². The number of hydrogen-bond acceptors (Lipinski definition) is 5. The van der Waals surface area contributed by atoms with Crippen LogP contribution in [0.2, 0.25) is 0 Å². The van der Waals surface area contributed by atoms with E-state index in [1.165, 1.54) is 11.2 Å². The summed E-state index contributed by atoms with van der Waals surface area (Å²) in [6.45, 7) is 5.67. The van der Waals surface area contributed by atoms with Gasteiger partial charge in [0.2, 0.25) is 5.78 Å². The van der Waals surface area contributed by atoms with Gasteiger partial charge in [-0.3, -0.25) is 19.3 Å². The SMILES string of the molecule is Cc1ccc2occ(C3C(C(C)C)C(=O)C(=O)N3c3ccc4nc[nH]c4c3)c(=O)c2c1. The summed E-state index contributed by atoms with van der Waals surface area (Å²) >= 11 is 0. The Morgan fingerprint density at radius 2 is 1.90 bits per heavy atom. The molecular weight excluding hydrogens is 394 g/mol. The molecule has 1 aliphatic heterocycles. The second-order valence-electron chi connectivity index (χ2n) is 8.38. The third-order valence-electron chi connectivity index (χ3n) is 6.02. The van der Waals surface area contributed by atoms with Gasteiger partial charge in [-0.15, -0.1) is 0 Å². The van der Waals surface area contributed by atoms with Crippen molar-refractivity contribution in [2.75, 3.05) is 4.90 Å². The number of hydrogen-bond donors (Lipinski definition) is 1. The molecule has 7 nitrogen and oxygen atoms in total. The lowest BCUT2D eigenvalue weighted by Gasteiger charge is -2.28. The maximum Gasteiger partial charge on any atom is 0.295 e. The minimum atomic E-state index is -0.749. The molecule has 156 valence electrons. The number of rotatable bonds is 3. The molecule has 2 unspecified atom stereocenters. The van der Waals surface area contributed by atoms with E-state index in [0.717, 1.165) is 16.6 Å². The first-order chi connectivity index (χ1) is 14.9. The number of anilines is 1. The molecule has 1 N–H and O–H groups in total. The van der Waals surface area contributed by atoms with E-state index in [2.05, 4.69) is 9.97 Å². The normalized spacial score (nSPS) is 19.3. The van der Waals surface area contributed by atoms with Crippen LogP contribution in [0.15, 0.2) is 58.2 Å². The number of carbonyl (C=O) groups is 2. The van der Waals surface area contributed by atoms with Crippen LogP contribution in [-0.2, 0) is 9.59 Å². The van der Waals surface area contributed by atoms with Gasteiger partial charge in [-0.2, -0.15) is 0 Å². The zero-order valence-corrected chi connectivity index (χ0v) is 17.4. The summed E-state index contributed by atoms with van der Waals surface area (Å²) in [4.78, 5) is 48.3. The topological polar surface area (TPSA) is 96.3 Å². The summed E-state index contributed by atoms with van der Waals surface area (Å²) in [6, 6.07) is 9.95. The lowest BCUT2D eigenvalue weighted by molar-refractivity contribution is -0.136. The number of carbonyl (C=O) groups excluding carboxylic acids is 2. The highest BCUT2D eigenvalue weighted by Gasteiger charge is 2.51. The van der Waals surface area contributed by atoms with Crippen LogP contribution in [0.3, 0.4) is 0 Å². The molecule has 2 atom stereocenters. The molecule has 1 aliphatic rings. The smallest absolute Gasteiger partial charge is 0.295 e. The van der Waals surface area contributed by atoms with Crippen LogP contribution < -0.4 is 10.3 Å². The highest BCUT2D eigenvalue weighted by Crippen LogP contribution is 2.42. The van der Waals surface area contributed by atoms with Crippen molar-refractivity contribution < 1.29 is 14.0 Å². The summed E-state index contributed by atoms with van der Waals surface area (Å²) < 4.78 is 5.77. The Hall–Kier alpha value is -3.74. The maximum atomic E-state index is 13.5. The number of imidazole rings is 1. The Morgan fingerprint density at radius 1 is 1.10 bits per heavy atom. The molecule has 2 aromatic carbocycles. The van der Waals surface area contributed by atoms with Crippen LogP contribution in [0, 0.1) is 18.8 Å². The summed E-state index contributed by atoms with van der Waals surface area (Å²) in [5.41, 5.74) is 3.51. The molecule has 0 radical (unpaired) electrons. The van der Waals surface area contributed by atoms with E-state index in [1.807, 2.05) is 26.8 Å².